The van der Waals surface area contributed by atoms with E-state index < -0.39 is 52.8 Å². The van der Waals surface area contributed by atoms with Crippen LogP contribution in [0.5, 0.6) is 0 Å². The average molecular weight is 298 g/mol. The number of imide groups is 1. The van der Waals surface area contributed by atoms with Crippen molar-refractivity contribution < 1.29 is 28.3 Å². The van der Waals surface area contributed by atoms with Gasteiger partial charge in [0.2, 0.25) is 5.91 Å². The fourth-order valence-corrected chi connectivity index (χ4v) is 2.09. The van der Waals surface area contributed by atoms with Crippen LogP contribution >= 0.6 is 0 Å². The SMILES string of the molecule is CC1(C)C(=O)NC(=O)CN1c1c(F)cc(C(=O)O)cc1F. The molecule has 0 unspecified atom stereocenters. The van der Waals surface area contributed by atoms with E-state index in [9.17, 15) is 23.2 Å². The second-order valence-corrected chi connectivity index (χ2v) is 5.12. The van der Waals surface area contributed by atoms with E-state index in [1.807, 2.05) is 0 Å². The molecule has 112 valence electrons. The van der Waals surface area contributed by atoms with Crippen LogP contribution in [-0.4, -0.2) is 35.0 Å². The number of hydrogen-bond acceptors (Lipinski definition) is 4. The zero-order valence-electron chi connectivity index (χ0n) is 11.2. The van der Waals surface area contributed by atoms with Crippen LogP contribution in [0.15, 0.2) is 12.1 Å². The van der Waals surface area contributed by atoms with Crippen molar-refractivity contribution in [3.8, 4) is 0 Å². The van der Waals surface area contributed by atoms with Gasteiger partial charge < -0.3 is 10.0 Å². The molecule has 6 nitrogen and oxygen atoms in total. The molecule has 0 radical (unpaired) electrons. The Balaban J connectivity index is 2.57. The lowest BCUT2D eigenvalue weighted by molar-refractivity contribution is -0.135. The van der Waals surface area contributed by atoms with Gasteiger partial charge in [-0.15, -0.1) is 0 Å². The summed E-state index contributed by atoms with van der Waals surface area (Å²) >= 11 is 0. The number of piperazine rings is 1. The van der Waals surface area contributed by atoms with E-state index in [4.69, 9.17) is 5.11 Å². The van der Waals surface area contributed by atoms with Crippen LogP contribution in [-0.2, 0) is 9.59 Å². The molecule has 1 aliphatic heterocycles. The molecule has 1 aromatic rings. The number of hydrogen-bond donors (Lipinski definition) is 2. The van der Waals surface area contributed by atoms with Crippen molar-refractivity contribution in [2.24, 2.45) is 0 Å². The van der Waals surface area contributed by atoms with Gasteiger partial charge in [-0.3, -0.25) is 14.9 Å². The summed E-state index contributed by atoms with van der Waals surface area (Å²) in [4.78, 5) is 35.0. The van der Waals surface area contributed by atoms with Gasteiger partial charge in [-0.25, -0.2) is 13.6 Å². The van der Waals surface area contributed by atoms with Crippen LogP contribution in [0.3, 0.4) is 0 Å². The van der Waals surface area contributed by atoms with Gasteiger partial charge in [-0.05, 0) is 26.0 Å². The quantitative estimate of drug-likeness (QED) is 0.792. The fourth-order valence-electron chi connectivity index (χ4n) is 2.09. The molecule has 0 spiro atoms. The number of carboxylic acid groups (broad SMARTS) is 1. The number of halogens is 2. The highest BCUT2D eigenvalue weighted by Gasteiger charge is 2.43. The largest absolute Gasteiger partial charge is 0.478 e. The molecule has 1 saturated heterocycles. The number of nitrogens with one attached hydrogen (secondary N) is 1. The third-order valence-corrected chi connectivity index (χ3v) is 3.32. The maximum Gasteiger partial charge on any atom is 0.335 e. The molecule has 0 bridgehead atoms. The molecule has 0 aromatic heterocycles. The highest BCUT2D eigenvalue weighted by atomic mass is 19.1. The molecule has 2 amide bonds. The number of carboxylic acids is 1. The Morgan fingerprint density at radius 1 is 1.29 bits per heavy atom. The molecule has 2 N–H and O–H groups in total. The van der Waals surface area contributed by atoms with Crippen LogP contribution in [0.25, 0.3) is 0 Å². The van der Waals surface area contributed by atoms with Crippen molar-refractivity contribution in [3.05, 3.63) is 29.3 Å². The fraction of sp³-hybridized carbons (Fsp3) is 0.308. The lowest BCUT2D eigenvalue weighted by Crippen LogP contribution is -2.64. The van der Waals surface area contributed by atoms with Gasteiger partial charge in [0.05, 0.1) is 12.1 Å². The summed E-state index contributed by atoms with van der Waals surface area (Å²) in [5.41, 5.74) is -2.52. The summed E-state index contributed by atoms with van der Waals surface area (Å²) < 4.78 is 28.1. The third kappa shape index (κ3) is 2.44. The minimum atomic E-state index is -1.48. The predicted octanol–water partition coefficient (Wildman–Crippen LogP) is 0.904. The van der Waals surface area contributed by atoms with Crippen LogP contribution < -0.4 is 10.2 Å². The van der Waals surface area contributed by atoms with Crippen molar-refractivity contribution in [2.45, 2.75) is 19.4 Å². The number of amides is 2. The predicted molar refractivity (Wildman–Crippen MR) is 67.9 cm³/mol. The molecule has 0 saturated carbocycles. The minimum Gasteiger partial charge on any atom is -0.478 e. The smallest absolute Gasteiger partial charge is 0.335 e. The van der Waals surface area contributed by atoms with Crippen molar-refractivity contribution in [3.63, 3.8) is 0 Å². The van der Waals surface area contributed by atoms with E-state index in [-0.39, 0.29) is 0 Å². The molecular weight excluding hydrogens is 286 g/mol. The Labute approximate surface area is 118 Å². The summed E-state index contributed by atoms with van der Waals surface area (Å²) in [6, 6.07) is 1.29. The molecule has 0 aliphatic carbocycles. The number of rotatable bonds is 2. The molecule has 1 aliphatic rings. The van der Waals surface area contributed by atoms with Crippen molar-refractivity contribution in [1.82, 2.24) is 5.32 Å². The van der Waals surface area contributed by atoms with E-state index in [0.29, 0.717) is 12.1 Å². The number of carbonyl (C=O) groups excluding carboxylic acids is 2. The maximum absolute atomic E-state index is 14.1. The minimum absolute atomic E-state index is 0.418. The highest BCUT2D eigenvalue weighted by Crippen LogP contribution is 2.32. The van der Waals surface area contributed by atoms with Gasteiger partial charge in [0.15, 0.2) is 0 Å². The van der Waals surface area contributed by atoms with Crippen molar-refractivity contribution in [2.75, 3.05) is 11.4 Å². The van der Waals surface area contributed by atoms with Gasteiger partial charge >= 0.3 is 5.97 Å². The Morgan fingerprint density at radius 2 is 1.81 bits per heavy atom. The van der Waals surface area contributed by atoms with Gasteiger partial charge in [-0.2, -0.15) is 0 Å². The molecule has 0 atom stereocenters. The number of nitrogens with zero attached hydrogens (tertiary/aromatic N) is 1. The number of anilines is 1. The summed E-state index contributed by atoms with van der Waals surface area (Å²) in [6.07, 6.45) is 0. The Bertz CT molecular complexity index is 635. The normalized spacial score (nSPS) is 17.6. The Kier molecular flexibility index (Phi) is 3.40. The van der Waals surface area contributed by atoms with Gasteiger partial charge in [-0.1, -0.05) is 0 Å². The highest BCUT2D eigenvalue weighted by molar-refractivity contribution is 6.06. The zero-order chi connectivity index (χ0) is 15.9. The Hall–Kier alpha value is -2.51. The summed E-state index contributed by atoms with van der Waals surface area (Å²) in [7, 11) is 0. The van der Waals surface area contributed by atoms with Crippen LogP contribution in [0.1, 0.15) is 24.2 Å². The summed E-state index contributed by atoms with van der Waals surface area (Å²) in [5, 5.41) is 10.8. The molecular formula is C13H12F2N2O4. The van der Waals surface area contributed by atoms with Gasteiger partial charge in [0.25, 0.3) is 5.91 Å². The molecule has 1 fully saturated rings. The lowest BCUT2D eigenvalue weighted by Gasteiger charge is -2.41. The lowest BCUT2D eigenvalue weighted by atomic mass is 9.97. The first-order valence-electron chi connectivity index (χ1n) is 5.99. The molecule has 21 heavy (non-hydrogen) atoms. The first-order chi connectivity index (χ1) is 9.64. The number of aromatic carboxylic acids is 1. The molecule has 8 heteroatoms. The van der Waals surface area contributed by atoms with Crippen molar-refractivity contribution in [1.29, 1.82) is 0 Å². The average Bonchev–Trinajstić information content (AvgIpc) is 2.34. The maximum atomic E-state index is 14.1. The monoisotopic (exact) mass is 298 g/mol. The van der Waals surface area contributed by atoms with E-state index in [1.54, 1.807) is 0 Å². The number of carbonyl (C=O) groups is 3. The molecule has 1 heterocycles. The van der Waals surface area contributed by atoms with Gasteiger partial charge in [0, 0.05) is 0 Å². The van der Waals surface area contributed by atoms with E-state index in [2.05, 4.69) is 5.32 Å². The summed E-state index contributed by atoms with van der Waals surface area (Å²) in [6.45, 7) is 2.39. The van der Waals surface area contributed by atoms with Crippen LogP contribution in [0.2, 0.25) is 0 Å². The van der Waals surface area contributed by atoms with Crippen molar-refractivity contribution >= 4 is 23.5 Å². The summed E-state index contributed by atoms with van der Waals surface area (Å²) in [5.74, 6) is -5.17. The number of benzene rings is 1. The first kappa shape index (κ1) is 14.9. The third-order valence-electron chi connectivity index (χ3n) is 3.32. The molecule has 1 aromatic carbocycles. The van der Waals surface area contributed by atoms with E-state index >= 15 is 0 Å². The molecule has 2 rings (SSSR count). The van der Waals surface area contributed by atoms with Gasteiger partial charge in [0.1, 0.15) is 22.9 Å². The van der Waals surface area contributed by atoms with E-state index in [1.165, 1.54) is 13.8 Å². The first-order valence-corrected chi connectivity index (χ1v) is 5.99. The Morgan fingerprint density at radius 3 is 2.29 bits per heavy atom. The zero-order valence-corrected chi connectivity index (χ0v) is 11.2. The van der Waals surface area contributed by atoms with Crippen LogP contribution in [0.4, 0.5) is 14.5 Å². The second kappa shape index (κ2) is 4.80. The second-order valence-electron chi connectivity index (χ2n) is 5.12. The van der Waals surface area contributed by atoms with E-state index in [0.717, 1.165) is 4.90 Å². The van der Waals surface area contributed by atoms with Crippen LogP contribution in [0, 0.1) is 11.6 Å². The standard InChI is InChI=1S/C13H12F2N2O4/c1-13(2)12(21)16-9(18)5-17(13)10-7(14)3-6(11(19)20)4-8(10)15/h3-4H,5H2,1-2H3,(H,19,20)(H,16,18,21). The topological polar surface area (TPSA) is 86.7 Å².